The smallest absolute Gasteiger partial charge is 0.472 e. The van der Waals surface area contributed by atoms with Crippen molar-refractivity contribution in [3.8, 4) is 0 Å². The highest BCUT2D eigenvalue weighted by atomic mass is 32.2. The second kappa shape index (κ2) is 38.1. The number of ether oxygens (including phenoxy) is 2. The summed E-state index contributed by atoms with van der Waals surface area (Å²) in [6.45, 7) is 2.81. The number of allylic oxidation sites excluding steroid dienone is 9. The van der Waals surface area contributed by atoms with Gasteiger partial charge in [0.05, 0.1) is 12.7 Å². The number of unbranched alkanes of at least 4 members (excludes halogenated alkanes) is 12. The number of rotatable bonds is 39. The molecule has 1 aliphatic rings. The highest BCUT2D eigenvalue weighted by Crippen LogP contribution is 2.47. The van der Waals surface area contributed by atoms with Gasteiger partial charge in [-0.05, 0) is 64.2 Å². The first kappa shape index (κ1) is 62.3. The van der Waals surface area contributed by atoms with E-state index in [1.54, 1.807) is 18.2 Å². The zero-order valence-electron chi connectivity index (χ0n) is 39.6. The molecule has 1 saturated carbocycles. The molecule has 0 saturated heterocycles. The molecule has 1 fully saturated rings. The van der Waals surface area contributed by atoms with Crippen LogP contribution in [0.3, 0.4) is 0 Å². The lowest BCUT2D eigenvalue weighted by Gasteiger charge is -2.41. The van der Waals surface area contributed by atoms with E-state index in [4.69, 9.17) is 29.4 Å². The van der Waals surface area contributed by atoms with Gasteiger partial charge in [-0.1, -0.05) is 126 Å². The van der Waals surface area contributed by atoms with Crippen molar-refractivity contribution in [3.05, 3.63) is 60.8 Å². The van der Waals surface area contributed by atoms with Crippen molar-refractivity contribution in [2.75, 3.05) is 19.0 Å². The third-order valence-electron chi connectivity index (χ3n) is 10.8. The number of aliphatic hydroxyl groups excluding tert-OH is 6. The van der Waals surface area contributed by atoms with Gasteiger partial charge in [0.2, 0.25) is 0 Å². The van der Waals surface area contributed by atoms with Crippen LogP contribution in [0.4, 0.5) is 0 Å². The van der Waals surface area contributed by atoms with E-state index in [0.29, 0.717) is 6.42 Å². The Balaban J connectivity index is 2.93. The normalized spacial score (nSPS) is 23.0. The average molecular weight is 992 g/mol. The Morgan fingerprint density at radius 1 is 0.687 bits per heavy atom. The van der Waals surface area contributed by atoms with Crippen LogP contribution in [-0.2, 0) is 37.5 Å². The molecule has 0 aromatic heterocycles. The minimum absolute atomic E-state index is 0.0522. The Labute approximate surface area is 402 Å². The van der Waals surface area contributed by atoms with Crippen LogP contribution in [0, 0.1) is 0 Å². The summed E-state index contributed by atoms with van der Waals surface area (Å²) >= 11 is 1.11. The summed E-state index contributed by atoms with van der Waals surface area (Å²) in [4.78, 5) is 47.6. The summed E-state index contributed by atoms with van der Waals surface area (Å²) in [6, 6.07) is -1.33. The molecule has 0 spiro atoms. The molecule has 0 heterocycles. The molecular weight excluding hydrogens is 910 g/mol. The van der Waals surface area contributed by atoms with Crippen molar-refractivity contribution in [1.82, 2.24) is 0 Å². The maximum atomic E-state index is 13.3. The van der Waals surface area contributed by atoms with Gasteiger partial charge in [0, 0.05) is 23.8 Å². The van der Waals surface area contributed by atoms with E-state index in [2.05, 4.69) is 38.2 Å². The van der Waals surface area contributed by atoms with E-state index in [-0.39, 0.29) is 31.4 Å². The molecule has 386 valence electrons. The van der Waals surface area contributed by atoms with E-state index in [1.165, 1.54) is 44.9 Å². The number of thioether (sulfide) groups is 1. The number of nitrogens with two attached hydrogens (primary N) is 1. The van der Waals surface area contributed by atoms with E-state index in [9.17, 15) is 54.5 Å². The van der Waals surface area contributed by atoms with Gasteiger partial charge in [-0.2, -0.15) is 0 Å². The van der Waals surface area contributed by atoms with Crippen LogP contribution in [-0.4, -0.2) is 138 Å². The van der Waals surface area contributed by atoms with Crippen LogP contribution in [0.2, 0.25) is 0 Å². The number of phosphoric ester groups is 1. The molecule has 0 bridgehead atoms. The Morgan fingerprint density at radius 2 is 1.24 bits per heavy atom. The summed E-state index contributed by atoms with van der Waals surface area (Å²) in [6.07, 6.45) is 21.6. The maximum absolute atomic E-state index is 13.3. The lowest BCUT2D eigenvalue weighted by molar-refractivity contribution is -0.220. The summed E-state index contributed by atoms with van der Waals surface area (Å²) in [5.41, 5.74) is 6.20. The van der Waals surface area contributed by atoms with Crippen LogP contribution < -0.4 is 5.73 Å². The number of carboxylic acids is 1. The van der Waals surface area contributed by atoms with Crippen molar-refractivity contribution in [2.45, 2.75) is 202 Å². The Kier molecular flexibility index (Phi) is 35.4. The third-order valence-corrected chi connectivity index (χ3v) is 13.2. The number of phosphoric acid groups is 1. The maximum Gasteiger partial charge on any atom is 0.472 e. The van der Waals surface area contributed by atoms with Crippen LogP contribution in [0.25, 0.3) is 0 Å². The molecule has 0 aromatic rings. The number of esters is 2. The second-order valence-electron chi connectivity index (χ2n) is 16.8. The van der Waals surface area contributed by atoms with Gasteiger partial charge in [-0.15, -0.1) is 11.8 Å². The zero-order chi connectivity index (χ0) is 49.9. The number of hydrogen-bond acceptors (Lipinski definition) is 16. The molecule has 3 unspecified atom stereocenters. The lowest BCUT2D eigenvalue weighted by atomic mass is 9.85. The van der Waals surface area contributed by atoms with Crippen molar-refractivity contribution in [3.63, 3.8) is 0 Å². The second-order valence-corrected chi connectivity index (χ2v) is 19.4. The number of aliphatic hydroxyl groups is 6. The monoisotopic (exact) mass is 992 g/mol. The molecule has 19 heteroatoms. The first-order valence-corrected chi connectivity index (χ1v) is 26.6. The van der Waals surface area contributed by atoms with Gasteiger partial charge < -0.3 is 55.8 Å². The molecule has 0 radical (unpaired) electrons. The van der Waals surface area contributed by atoms with Crippen molar-refractivity contribution >= 4 is 37.5 Å². The molecule has 0 amide bonds. The summed E-state index contributed by atoms with van der Waals surface area (Å²) in [5.74, 6) is -2.76. The quantitative estimate of drug-likeness (QED) is 0.0108. The zero-order valence-corrected chi connectivity index (χ0v) is 41.3. The van der Waals surface area contributed by atoms with Gasteiger partial charge >= 0.3 is 25.7 Å². The SMILES string of the molecule is CCCCC/C=C\C\C=C/C=C/C=C/[C@@H](SC[C@H](N)C(=O)O[C@H](COC(=O)CCCCCCC/C=C\CCCCCC)COP(=O)(O)OC1[C@H](O)[C@H](O)C(O)[C@H](O)[C@H]1O)[C@@H](O)CCCC(=O)O. The van der Waals surface area contributed by atoms with E-state index in [0.717, 1.165) is 63.1 Å². The number of carbonyl (C=O) groups is 3. The first-order valence-electron chi connectivity index (χ1n) is 24.0. The lowest BCUT2D eigenvalue weighted by Crippen LogP contribution is -2.64. The number of hydrogen-bond donors (Lipinski definition) is 9. The van der Waals surface area contributed by atoms with E-state index >= 15 is 0 Å². The number of aliphatic carboxylic acids is 1. The Morgan fingerprint density at radius 3 is 1.88 bits per heavy atom. The summed E-state index contributed by atoms with van der Waals surface area (Å²) < 4.78 is 33.6. The summed E-state index contributed by atoms with van der Waals surface area (Å²) in [5, 5.41) is 69.9. The fourth-order valence-electron chi connectivity index (χ4n) is 6.76. The minimum atomic E-state index is -5.28. The largest absolute Gasteiger partial charge is 0.481 e. The average Bonchev–Trinajstić information content (AvgIpc) is 3.29. The van der Waals surface area contributed by atoms with Crippen LogP contribution in [0.5, 0.6) is 0 Å². The van der Waals surface area contributed by atoms with Crippen LogP contribution in [0.15, 0.2) is 60.8 Å². The Hall–Kier alpha value is -2.71. The molecule has 0 aliphatic heterocycles. The molecule has 17 nitrogen and oxygen atoms in total. The Bertz CT molecular complexity index is 1530. The van der Waals surface area contributed by atoms with Gasteiger partial charge in [0.25, 0.3) is 0 Å². The molecule has 67 heavy (non-hydrogen) atoms. The van der Waals surface area contributed by atoms with Crippen LogP contribution >= 0.6 is 19.6 Å². The summed E-state index contributed by atoms with van der Waals surface area (Å²) in [7, 11) is -5.28. The predicted octanol–water partition coefficient (Wildman–Crippen LogP) is 6.26. The molecule has 0 aromatic carbocycles. The predicted molar refractivity (Wildman–Crippen MR) is 259 cm³/mol. The number of carbonyl (C=O) groups excluding carboxylic acids is 2. The first-order chi connectivity index (χ1) is 32.0. The van der Waals surface area contributed by atoms with Gasteiger partial charge in [0.1, 0.15) is 49.3 Å². The molecule has 10 N–H and O–H groups in total. The topological polar surface area (TPSA) is 293 Å². The standard InChI is InChI=1S/C48H82NO16PS/c1-3-5-7-9-11-13-15-17-19-21-23-25-27-32-41(53)62-33-36(34-63-66(60,61)65-47-45(57)43(55)42(54)44(56)46(47)58)64-48(59)37(49)35-67-39(38(50)29-28-31-40(51)52)30-26-24-22-20-18-16-14-12-10-8-6-4-2/h12-15,18,20,22,24,26,30,36-39,42-47,50,54-58H,3-11,16-17,19,21,23,25,27-29,31-35,49H2,1-2H3,(H,51,52)(H,60,61)/b14-12-,15-13-,20-18-,24-22+,30-26+/t36-,37+,38+,39-,42?,43-,44+,45-,46-,47?/m1/s1. The fraction of sp³-hybridized carbons (Fsp3) is 0.729. The van der Waals surface area contributed by atoms with Gasteiger partial charge in [-0.25, -0.2) is 4.57 Å². The van der Waals surface area contributed by atoms with Gasteiger partial charge in [-0.3, -0.25) is 23.4 Å². The van der Waals surface area contributed by atoms with Crippen LogP contribution in [0.1, 0.15) is 142 Å². The fourth-order valence-corrected chi connectivity index (χ4v) is 8.86. The minimum Gasteiger partial charge on any atom is -0.481 e. The van der Waals surface area contributed by atoms with E-state index in [1.807, 2.05) is 18.2 Å². The molecular formula is C48H82NO16PS. The number of carboxylic acid groups (broad SMARTS) is 1. The highest BCUT2D eigenvalue weighted by Gasteiger charge is 2.51. The van der Waals surface area contributed by atoms with Crippen molar-refractivity contribution < 1.29 is 78.1 Å². The molecule has 1 rings (SSSR count). The van der Waals surface area contributed by atoms with Crippen molar-refractivity contribution in [2.24, 2.45) is 5.73 Å². The van der Waals surface area contributed by atoms with Crippen molar-refractivity contribution in [1.29, 1.82) is 0 Å². The van der Waals surface area contributed by atoms with Gasteiger partial charge in [0.15, 0.2) is 6.10 Å². The highest BCUT2D eigenvalue weighted by molar-refractivity contribution is 8.00. The van der Waals surface area contributed by atoms with E-state index < -0.39 is 99.1 Å². The molecule has 1 aliphatic carbocycles. The molecule has 11 atom stereocenters. The third kappa shape index (κ3) is 29.8.